The van der Waals surface area contributed by atoms with Crippen LogP contribution in [-0.2, 0) is 14.8 Å². The van der Waals surface area contributed by atoms with E-state index in [1.165, 1.54) is 15.6 Å². The highest BCUT2D eigenvalue weighted by atomic mass is 32.2. The van der Waals surface area contributed by atoms with Crippen molar-refractivity contribution in [1.82, 2.24) is 9.29 Å². The van der Waals surface area contributed by atoms with Crippen molar-refractivity contribution in [3.05, 3.63) is 53.9 Å². The number of hydrogen-bond donors (Lipinski definition) is 1. The Morgan fingerprint density at radius 1 is 1.09 bits per heavy atom. The Morgan fingerprint density at radius 2 is 1.82 bits per heavy atom. The molecule has 10 heteroatoms. The Bertz CT molecular complexity index is 1250. The highest BCUT2D eigenvalue weighted by Crippen LogP contribution is 2.32. The Balaban J connectivity index is 1.20. The molecule has 1 amide bonds. The summed E-state index contributed by atoms with van der Waals surface area (Å²) < 4.78 is 38.4. The summed E-state index contributed by atoms with van der Waals surface area (Å²) in [6, 6.07) is 14.1. The van der Waals surface area contributed by atoms with Gasteiger partial charge in [0, 0.05) is 24.0 Å². The number of aromatic nitrogens is 1. The number of anilines is 1. The molecule has 172 valence electrons. The van der Waals surface area contributed by atoms with Crippen molar-refractivity contribution in [3.8, 4) is 22.8 Å². The van der Waals surface area contributed by atoms with Crippen LogP contribution >= 0.6 is 11.3 Å². The van der Waals surface area contributed by atoms with Gasteiger partial charge in [-0.15, -0.1) is 11.3 Å². The Labute approximate surface area is 196 Å². The van der Waals surface area contributed by atoms with Crippen LogP contribution in [0.25, 0.3) is 11.3 Å². The minimum atomic E-state index is -3.44. The van der Waals surface area contributed by atoms with Gasteiger partial charge in [-0.3, -0.25) is 4.79 Å². The van der Waals surface area contributed by atoms with Gasteiger partial charge in [0.1, 0.15) is 12.7 Å². The van der Waals surface area contributed by atoms with E-state index in [4.69, 9.17) is 9.47 Å². The number of sulfonamides is 1. The molecular weight excluding hydrogens is 462 g/mol. The first-order valence-electron chi connectivity index (χ1n) is 10.7. The summed E-state index contributed by atoms with van der Waals surface area (Å²) >= 11 is 1.31. The predicted molar refractivity (Wildman–Crippen MR) is 125 cm³/mol. The van der Waals surface area contributed by atoms with Gasteiger partial charge in [0.05, 0.1) is 17.0 Å². The fourth-order valence-corrected chi connectivity index (χ4v) is 6.13. The number of amides is 1. The maximum atomic E-state index is 12.7. The summed E-state index contributed by atoms with van der Waals surface area (Å²) in [4.78, 5) is 17.2. The third kappa shape index (κ3) is 4.73. The van der Waals surface area contributed by atoms with E-state index in [2.05, 4.69) is 10.3 Å². The van der Waals surface area contributed by atoms with E-state index in [1.807, 2.05) is 29.6 Å². The topological polar surface area (TPSA) is 97.8 Å². The molecule has 8 nitrogen and oxygen atoms in total. The molecule has 2 aliphatic rings. The zero-order chi connectivity index (χ0) is 22.8. The van der Waals surface area contributed by atoms with Gasteiger partial charge in [0.25, 0.3) is 0 Å². The van der Waals surface area contributed by atoms with E-state index in [9.17, 15) is 13.2 Å². The van der Waals surface area contributed by atoms with Crippen molar-refractivity contribution in [2.24, 2.45) is 0 Å². The number of ether oxygens (including phenoxy) is 2. The normalized spacial score (nSPS) is 18.2. The van der Waals surface area contributed by atoms with E-state index >= 15 is 0 Å². The van der Waals surface area contributed by atoms with E-state index in [-0.39, 0.29) is 23.3 Å². The van der Waals surface area contributed by atoms with Gasteiger partial charge in [-0.05, 0) is 37.1 Å². The predicted octanol–water partition coefficient (Wildman–Crippen LogP) is 3.76. The smallest absolute Gasteiger partial charge is 0.243 e. The monoisotopic (exact) mass is 485 g/mol. The van der Waals surface area contributed by atoms with Crippen LogP contribution in [0.2, 0.25) is 0 Å². The van der Waals surface area contributed by atoms with Gasteiger partial charge in [0.15, 0.2) is 16.6 Å². The van der Waals surface area contributed by atoms with Crippen LogP contribution in [0.4, 0.5) is 5.13 Å². The first-order valence-corrected chi connectivity index (χ1v) is 13.1. The molecule has 1 atom stereocenters. The molecule has 0 bridgehead atoms. The highest BCUT2D eigenvalue weighted by Gasteiger charge is 2.27. The fraction of sp³-hybridized carbons (Fsp3) is 0.304. The van der Waals surface area contributed by atoms with Crippen LogP contribution in [0.3, 0.4) is 0 Å². The lowest BCUT2D eigenvalue weighted by atomic mass is 10.2. The molecule has 0 saturated carbocycles. The van der Waals surface area contributed by atoms with Gasteiger partial charge in [-0.25, -0.2) is 13.4 Å². The van der Waals surface area contributed by atoms with Crippen LogP contribution in [0.15, 0.2) is 58.8 Å². The molecule has 33 heavy (non-hydrogen) atoms. The van der Waals surface area contributed by atoms with Crippen LogP contribution in [0, 0.1) is 0 Å². The van der Waals surface area contributed by atoms with E-state index in [0.717, 1.165) is 18.4 Å². The average molecular weight is 486 g/mol. The average Bonchev–Trinajstić information content (AvgIpc) is 3.52. The van der Waals surface area contributed by atoms with Crippen LogP contribution in [0.1, 0.15) is 19.3 Å². The number of para-hydroxylation sites is 2. The summed E-state index contributed by atoms with van der Waals surface area (Å²) in [5.74, 6) is 1.10. The van der Waals surface area contributed by atoms with Gasteiger partial charge in [0.2, 0.25) is 15.9 Å². The molecular formula is C23H23N3O5S2. The molecule has 3 heterocycles. The molecule has 2 aromatic carbocycles. The van der Waals surface area contributed by atoms with E-state index < -0.39 is 10.0 Å². The molecule has 1 unspecified atom stereocenters. The molecule has 1 saturated heterocycles. The van der Waals surface area contributed by atoms with Crippen LogP contribution in [-0.4, -0.2) is 49.4 Å². The lowest BCUT2D eigenvalue weighted by molar-refractivity contribution is -0.118. The number of fused-ring (bicyclic) bond motifs is 1. The Kier molecular flexibility index (Phi) is 6.05. The van der Waals surface area contributed by atoms with Crippen molar-refractivity contribution in [2.45, 2.75) is 30.3 Å². The van der Waals surface area contributed by atoms with E-state index in [1.54, 1.807) is 24.3 Å². The van der Waals surface area contributed by atoms with E-state index in [0.29, 0.717) is 42.0 Å². The molecule has 5 rings (SSSR count). The second-order valence-corrected chi connectivity index (χ2v) is 10.7. The molecule has 1 N–H and O–H groups in total. The first kappa shape index (κ1) is 21.9. The lowest BCUT2D eigenvalue weighted by Gasteiger charge is -2.25. The zero-order valence-electron chi connectivity index (χ0n) is 17.8. The SMILES string of the molecule is O=C(CC1COc2ccccc2O1)Nc1nc(-c2ccc(S(=O)(=O)N3CCCC3)cc2)cs1. The molecule has 1 aromatic heterocycles. The molecule has 1 fully saturated rings. The minimum Gasteiger partial charge on any atom is -0.486 e. The minimum absolute atomic E-state index is 0.145. The number of thiazole rings is 1. The second kappa shape index (κ2) is 9.12. The van der Waals surface area contributed by atoms with Crippen LogP contribution in [0.5, 0.6) is 11.5 Å². The van der Waals surface area contributed by atoms with Gasteiger partial charge < -0.3 is 14.8 Å². The van der Waals surface area contributed by atoms with Crippen LogP contribution < -0.4 is 14.8 Å². The summed E-state index contributed by atoms with van der Waals surface area (Å²) in [5, 5.41) is 5.11. The number of nitrogens with one attached hydrogen (secondary N) is 1. The van der Waals surface area contributed by atoms with Crippen molar-refractivity contribution in [1.29, 1.82) is 0 Å². The fourth-order valence-electron chi connectivity index (χ4n) is 3.88. The standard InChI is InChI=1S/C23H23N3O5S2/c27-22(13-17-14-30-20-5-1-2-6-21(20)31-17)25-23-24-19(15-32-23)16-7-9-18(10-8-16)33(28,29)26-11-3-4-12-26/h1-2,5-10,15,17H,3-4,11-14H2,(H,24,25,27). The third-order valence-electron chi connectivity index (χ3n) is 5.58. The second-order valence-electron chi connectivity index (χ2n) is 7.92. The van der Waals surface area contributed by atoms with Gasteiger partial charge in [-0.2, -0.15) is 4.31 Å². The summed E-state index contributed by atoms with van der Waals surface area (Å²) in [6.07, 6.45) is 1.58. The quantitative estimate of drug-likeness (QED) is 0.571. The Morgan fingerprint density at radius 3 is 2.58 bits per heavy atom. The van der Waals surface area contributed by atoms with Gasteiger partial charge in [-0.1, -0.05) is 24.3 Å². The van der Waals surface area contributed by atoms with Crippen molar-refractivity contribution in [2.75, 3.05) is 25.0 Å². The zero-order valence-corrected chi connectivity index (χ0v) is 19.4. The summed E-state index contributed by atoms with van der Waals surface area (Å²) in [5.41, 5.74) is 1.46. The summed E-state index contributed by atoms with van der Waals surface area (Å²) in [6.45, 7) is 1.45. The molecule has 0 radical (unpaired) electrons. The molecule has 3 aromatic rings. The number of benzene rings is 2. The Hall–Kier alpha value is -2.95. The number of hydrogen-bond acceptors (Lipinski definition) is 7. The number of rotatable bonds is 6. The van der Waals surface area contributed by atoms with Crippen molar-refractivity contribution < 1.29 is 22.7 Å². The third-order valence-corrected chi connectivity index (χ3v) is 8.25. The maximum Gasteiger partial charge on any atom is 0.243 e. The molecule has 2 aliphatic heterocycles. The first-order chi connectivity index (χ1) is 16.0. The maximum absolute atomic E-state index is 12.7. The largest absolute Gasteiger partial charge is 0.486 e. The number of nitrogens with zero attached hydrogens (tertiary/aromatic N) is 2. The van der Waals surface area contributed by atoms with Crippen molar-refractivity contribution in [3.63, 3.8) is 0 Å². The lowest BCUT2D eigenvalue weighted by Crippen LogP contribution is -2.33. The number of carbonyl (C=O) groups is 1. The molecule has 0 aliphatic carbocycles. The van der Waals surface area contributed by atoms with Gasteiger partial charge >= 0.3 is 0 Å². The van der Waals surface area contributed by atoms with Crippen molar-refractivity contribution >= 4 is 32.4 Å². The molecule has 0 spiro atoms. The number of carbonyl (C=O) groups excluding carboxylic acids is 1. The highest BCUT2D eigenvalue weighted by molar-refractivity contribution is 7.89. The summed E-state index contributed by atoms with van der Waals surface area (Å²) in [7, 11) is -3.44.